The van der Waals surface area contributed by atoms with Crippen LogP contribution in [0.15, 0.2) is 48.5 Å². The number of hydrogen-bond donors (Lipinski definition) is 1. The predicted octanol–water partition coefficient (Wildman–Crippen LogP) is 3.19. The van der Waals surface area contributed by atoms with E-state index in [-0.39, 0.29) is 29.6 Å². The number of piperazine rings is 1. The SMILES string of the molecule is CC(C)CC1C(=O)NC(C2Cc3ccccc3C2)C(=O)N1C(C(=O)N1CCCN(C)CC1)c1ccc(F)cc1. The van der Waals surface area contributed by atoms with Gasteiger partial charge < -0.3 is 20.0 Å². The van der Waals surface area contributed by atoms with Gasteiger partial charge in [-0.3, -0.25) is 14.4 Å². The van der Waals surface area contributed by atoms with Gasteiger partial charge in [0.2, 0.25) is 17.7 Å². The largest absolute Gasteiger partial charge is 0.342 e. The van der Waals surface area contributed by atoms with Crippen molar-refractivity contribution in [3.05, 3.63) is 71.0 Å². The first-order valence-electron chi connectivity index (χ1n) is 14.1. The van der Waals surface area contributed by atoms with Gasteiger partial charge in [0.15, 0.2) is 0 Å². The summed E-state index contributed by atoms with van der Waals surface area (Å²) in [6.07, 6.45) is 2.65. The summed E-state index contributed by atoms with van der Waals surface area (Å²) in [5.41, 5.74) is 2.92. The molecule has 2 aromatic rings. The van der Waals surface area contributed by atoms with Crippen molar-refractivity contribution in [1.29, 1.82) is 0 Å². The van der Waals surface area contributed by atoms with Crippen LogP contribution in [0.5, 0.6) is 0 Å². The highest BCUT2D eigenvalue weighted by Gasteiger charge is 2.50. The Bertz CT molecular complexity index is 1190. The first-order chi connectivity index (χ1) is 18.7. The molecule has 1 N–H and O–H groups in total. The van der Waals surface area contributed by atoms with Crippen molar-refractivity contribution in [3.63, 3.8) is 0 Å². The molecule has 2 aliphatic heterocycles. The molecular weight excluding hydrogens is 495 g/mol. The van der Waals surface area contributed by atoms with E-state index in [1.165, 1.54) is 23.3 Å². The third-order valence-corrected chi connectivity index (χ3v) is 8.43. The molecule has 1 aliphatic carbocycles. The Kier molecular flexibility index (Phi) is 8.03. The highest BCUT2D eigenvalue weighted by Crippen LogP contribution is 2.36. The molecule has 0 spiro atoms. The van der Waals surface area contributed by atoms with Crippen LogP contribution in [0.4, 0.5) is 4.39 Å². The van der Waals surface area contributed by atoms with Gasteiger partial charge >= 0.3 is 0 Å². The normalized spacial score (nSPS) is 23.5. The molecule has 2 saturated heterocycles. The molecule has 5 rings (SSSR count). The van der Waals surface area contributed by atoms with Gasteiger partial charge in [-0.2, -0.15) is 0 Å². The molecule has 3 aliphatic rings. The standard InChI is InChI=1S/C31H39FN4O3/c1-20(2)17-26-29(37)33-27(24-18-22-7-4-5-8-23(22)19-24)30(38)36(26)28(21-9-11-25(32)12-10-21)31(39)35-14-6-13-34(3)15-16-35/h4-5,7-12,20,24,26-28H,6,13-19H2,1-3H3,(H,33,37). The monoisotopic (exact) mass is 534 g/mol. The summed E-state index contributed by atoms with van der Waals surface area (Å²) < 4.78 is 14.0. The molecule has 0 radical (unpaired) electrons. The lowest BCUT2D eigenvalue weighted by Gasteiger charge is -2.45. The Morgan fingerprint density at radius 3 is 2.28 bits per heavy atom. The summed E-state index contributed by atoms with van der Waals surface area (Å²) >= 11 is 0. The first kappa shape index (κ1) is 27.3. The molecule has 0 saturated carbocycles. The molecule has 2 fully saturated rings. The van der Waals surface area contributed by atoms with Gasteiger partial charge in [0.25, 0.3) is 0 Å². The zero-order valence-corrected chi connectivity index (χ0v) is 23.1. The van der Waals surface area contributed by atoms with Gasteiger partial charge in [0.1, 0.15) is 23.9 Å². The van der Waals surface area contributed by atoms with E-state index in [2.05, 4.69) is 22.3 Å². The van der Waals surface area contributed by atoms with Gasteiger partial charge in [-0.1, -0.05) is 50.2 Å². The Morgan fingerprint density at radius 1 is 0.974 bits per heavy atom. The quantitative estimate of drug-likeness (QED) is 0.618. The van der Waals surface area contributed by atoms with Crippen LogP contribution in [0.25, 0.3) is 0 Å². The number of nitrogens with one attached hydrogen (secondary N) is 1. The van der Waals surface area contributed by atoms with Gasteiger partial charge in [0.05, 0.1) is 0 Å². The lowest BCUT2D eigenvalue weighted by Crippen LogP contribution is -2.67. The minimum atomic E-state index is -0.998. The second-order valence-electron chi connectivity index (χ2n) is 11.8. The smallest absolute Gasteiger partial charge is 0.250 e. The number of carbonyl (C=O) groups excluding carboxylic acids is 3. The van der Waals surface area contributed by atoms with E-state index in [0.717, 1.165) is 19.5 Å². The van der Waals surface area contributed by atoms with Crippen LogP contribution < -0.4 is 5.32 Å². The number of amides is 3. The van der Waals surface area contributed by atoms with Gasteiger partial charge in [0, 0.05) is 19.6 Å². The zero-order chi connectivity index (χ0) is 27.7. The molecule has 0 bridgehead atoms. The van der Waals surface area contributed by atoms with Gasteiger partial charge in [-0.25, -0.2) is 4.39 Å². The van der Waals surface area contributed by atoms with E-state index in [1.54, 1.807) is 17.0 Å². The van der Waals surface area contributed by atoms with Crippen molar-refractivity contribution < 1.29 is 18.8 Å². The van der Waals surface area contributed by atoms with Crippen molar-refractivity contribution in [2.24, 2.45) is 11.8 Å². The maximum atomic E-state index is 14.4. The van der Waals surface area contributed by atoms with Crippen molar-refractivity contribution in [2.45, 2.75) is 57.7 Å². The van der Waals surface area contributed by atoms with Crippen LogP contribution >= 0.6 is 0 Å². The van der Waals surface area contributed by atoms with E-state index >= 15 is 0 Å². The number of hydrogen-bond acceptors (Lipinski definition) is 4. The molecule has 3 atom stereocenters. The third-order valence-electron chi connectivity index (χ3n) is 8.43. The number of rotatable bonds is 6. The molecule has 2 heterocycles. The fraction of sp³-hybridized carbons (Fsp3) is 0.516. The Balaban J connectivity index is 1.54. The predicted molar refractivity (Wildman–Crippen MR) is 147 cm³/mol. The summed E-state index contributed by atoms with van der Waals surface area (Å²) in [4.78, 5) is 48.0. The maximum absolute atomic E-state index is 14.4. The van der Waals surface area contributed by atoms with Crippen LogP contribution in [-0.4, -0.2) is 77.7 Å². The Labute approximate surface area is 230 Å². The van der Waals surface area contributed by atoms with Crippen molar-refractivity contribution >= 4 is 17.7 Å². The molecule has 3 unspecified atom stereocenters. The fourth-order valence-electron chi connectivity index (χ4n) is 6.38. The second-order valence-corrected chi connectivity index (χ2v) is 11.8. The molecule has 39 heavy (non-hydrogen) atoms. The molecular formula is C31H39FN4O3. The minimum Gasteiger partial charge on any atom is -0.342 e. The van der Waals surface area contributed by atoms with Gasteiger partial charge in [-0.15, -0.1) is 0 Å². The number of likely N-dealkylation sites (N-methyl/N-ethyl adjacent to an activating group) is 1. The van der Waals surface area contributed by atoms with Crippen LogP contribution in [-0.2, 0) is 27.2 Å². The van der Waals surface area contributed by atoms with Crippen LogP contribution in [0, 0.1) is 17.7 Å². The summed E-state index contributed by atoms with van der Waals surface area (Å²) in [5.74, 6) is -1.03. The molecule has 7 nitrogen and oxygen atoms in total. The van der Waals surface area contributed by atoms with Crippen molar-refractivity contribution in [2.75, 3.05) is 33.2 Å². The van der Waals surface area contributed by atoms with Crippen LogP contribution in [0.1, 0.15) is 49.4 Å². The van der Waals surface area contributed by atoms with E-state index in [9.17, 15) is 18.8 Å². The van der Waals surface area contributed by atoms with E-state index in [0.29, 0.717) is 37.9 Å². The van der Waals surface area contributed by atoms with Crippen molar-refractivity contribution in [3.8, 4) is 0 Å². The Hall–Kier alpha value is -3.26. The molecule has 3 amide bonds. The number of fused-ring (bicyclic) bond motifs is 1. The minimum absolute atomic E-state index is 0.0860. The Morgan fingerprint density at radius 2 is 1.64 bits per heavy atom. The molecule has 2 aromatic carbocycles. The maximum Gasteiger partial charge on any atom is 0.250 e. The van der Waals surface area contributed by atoms with E-state index < -0.39 is 23.9 Å². The van der Waals surface area contributed by atoms with Crippen LogP contribution in [0.2, 0.25) is 0 Å². The summed E-state index contributed by atoms with van der Waals surface area (Å²) in [6.45, 7) is 6.75. The number of carbonyl (C=O) groups is 3. The average Bonchev–Trinajstić information content (AvgIpc) is 3.22. The van der Waals surface area contributed by atoms with E-state index in [1.807, 2.05) is 37.9 Å². The highest BCUT2D eigenvalue weighted by molar-refractivity contribution is 6.00. The number of halogens is 1. The molecule has 8 heteroatoms. The third kappa shape index (κ3) is 5.71. The average molecular weight is 535 g/mol. The topological polar surface area (TPSA) is 73.0 Å². The molecule has 0 aromatic heterocycles. The fourth-order valence-corrected chi connectivity index (χ4v) is 6.38. The lowest BCUT2D eigenvalue weighted by molar-refractivity contribution is -0.160. The second kappa shape index (κ2) is 11.5. The summed E-state index contributed by atoms with van der Waals surface area (Å²) in [7, 11) is 2.03. The van der Waals surface area contributed by atoms with E-state index in [4.69, 9.17) is 0 Å². The zero-order valence-electron chi connectivity index (χ0n) is 23.1. The lowest BCUT2D eigenvalue weighted by atomic mass is 9.87. The summed E-state index contributed by atoms with van der Waals surface area (Å²) in [5, 5.41) is 3.06. The number of nitrogens with zero attached hydrogens (tertiary/aromatic N) is 3. The first-order valence-corrected chi connectivity index (χ1v) is 14.1. The number of benzene rings is 2. The van der Waals surface area contributed by atoms with Crippen molar-refractivity contribution in [1.82, 2.24) is 20.0 Å². The summed E-state index contributed by atoms with van der Waals surface area (Å²) in [6, 6.07) is 11.4. The highest BCUT2D eigenvalue weighted by atomic mass is 19.1. The van der Waals surface area contributed by atoms with Gasteiger partial charge in [-0.05, 0) is 79.9 Å². The molecule has 208 valence electrons. The van der Waals surface area contributed by atoms with Crippen LogP contribution in [0.3, 0.4) is 0 Å².